The van der Waals surface area contributed by atoms with Crippen molar-refractivity contribution in [2.45, 2.75) is 26.7 Å². The number of aryl methyl sites for hydroxylation is 1. The third kappa shape index (κ3) is 4.71. The standard InChI is InChI=1S/C12H18ClNO2/c1-12(2,8-13)9-14-11(15)6-5-10-4-3-7-16-10/h3-4,7H,5-6,8-9H2,1-2H3,(H,14,15). The predicted molar refractivity (Wildman–Crippen MR) is 64.5 cm³/mol. The fourth-order valence-corrected chi connectivity index (χ4v) is 1.26. The van der Waals surface area contributed by atoms with Gasteiger partial charge < -0.3 is 9.73 Å². The van der Waals surface area contributed by atoms with Crippen LogP contribution in [0.25, 0.3) is 0 Å². The molecular formula is C12H18ClNO2. The Morgan fingerprint density at radius 3 is 2.88 bits per heavy atom. The van der Waals surface area contributed by atoms with E-state index in [1.54, 1.807) is 6.26 Å². The molecule has 0 radical (unpaired) electrons. The molecule has 0 fully saturated rings. The Kier molecular flexibility index (Phi) is 4.87. The van der Waals surface area contributed by atoms with Crippen LogP contribution in [0.5, 0.6) is 0 Å². The highest BCUT2D eigenvalue weighted by molar-refractivity contribution is 6.18. The van der Waals surface area contributed by atoms with Gasteiger partial charge in [-0.1, -0.05) is 13.8 Å². The van der Waals surface area contributed by atoms with Gasteiger partial charge in [-0.3, -0.25) is 4.79 Å². The summed E-state index contributed by atoms with van der Waals surface area (Å²) in [6.45, 7) is 4.65. The van der Waals surface area contributed by atoms with E-state index in [2.05, 4.69) is 5.32 Å². The topological polar surface area (TPSA) is 42.2 Å². The van der Waals surface area contributed by atoms with E-state index in [9.17, 15) is 4.79 Å². The van der Waals surface area contributed by atoms with E-state index in [1.807, 2.05) is 26.0 Å². The van der Waals surface area contributed by atoms with E-state index in [0.29, 0.717) is 25.3 Å². The van der Waals surface area contributed by atoms with Gasteiger partial charge in [-0.05, 0) is 17.5 Å². The SMILES string of the molecule is CC(C)(CCl)CNC(=O)CCc1ccco1. The zero-order chi connectivity index (χ0) is 12.0. The van der Waals surface area contributed by atoms with Crippen LogP contribution in [0.1, 0.15) is 26.0 Å². The zero-order valence-corrected chi connectivity index (χ0v) is 10.5. The predicted octanol–water partition coefficient (Wildman–Crippen LogP) is 2.59. The summed E-state index contributed by atoms with van der Waals surface area (Å²) in [7, 11) is 0. The largest absolute Gasteiger partial charge is 0.469 e. The molecule has 3 nitrogen and oxygen atoms in total. The van der Waals surface area contributed by atoms with Crippen molar-refractivity contribution in [1.29, 1.82) is 0 Å². The van der Waals surface area contributed by atoms with Crippen molar-refractivity contribution >= 4 is 17.5 Å². The number of hydrogen-bond acceptors (Lipinski definition) is 2. The molecule has 0 unspecified atom stereocenters. The van der Waals surface area contributed by atoms with Crippen molar-refractivity contribution in [3.63, 3.8) is 0 Å². The van der Waals surface area contributed by atoms with Gasteiger partial charge in [0.05, 0.1) is 6.26 Å². The summed E-state index contributed by atoms with van der Waals surface area (Å²) in [5.41, 5.74) is -0.0537. The maximum atomic E-state index is 11.5. The van der Waals surface area contributed by atoms with E-state index in [0.717, 1.165) is 5.76 Å². The second-order valence-electron chi connectivity index (χ2n) is 4.65. The van der Waals surface area contributed by atoms with Gasteiger partial charge in [0.2, 0.25) is 5.91 Å². The Morgan fingerprint density at radius 2 is 2.31 bits per heavy atom. The van der Waals surface area contributed by atoms with Crippen molar-refractivity contribution in [3.05, 3.63) is 24.2 Å². The minimum atomic E-state index is -0.0537. The molecule has 1 aromatic heterocycles. The maximum absolute atomic E-state index is 11.5. The molecule has 0 atom stereocenters. The molecule has 1 N–H and O–H groups in total. The number of alkyl halides is 1. The van der Waals surface area contributed by atoms with Crippen molar-refractivity contribution in [2.75, 3.05) is 12.4 Å². The van der Waals surface area contributed by atoms with Crippen LogP contribution < -0.4 is 5.32 Å². The molecule has 0 spiro atoms. The molecule has 1 rings (SSSR count). The molecule has 0 aliphatic rings. The fraction of sp³-hybridized carbons (Fsp3) is 0.583. The molecular weight excluding hydrogens is 226 g/mol. The molecule has 0 aliphatic heterocycles. The average Bonchev–Trinajstić information content (AvgIpc) is 2.76. The Balaban J connectivity index is 2.21. The lowest BCUT2D eigenvalue weighted by atomic mass is 9.96. The number of amides is 1. The molecule has 1 heterocycles. The highest BCUT2D eigenvalue weighted by Crippen LogP contribution is 2.15. The molecule has 0 saturated heterocycles. The first-order valence-corrected chi connectivity index (χ1v) is 5.92. The third-order valence-corrected chi connectivity index (χ3v) is 3.03. The van der Waals surface area contributed by atoms with Gasteiger partial charge in [0.1, 0.15) is 5.76 Å². The molecule has 0 saturated carbocycles. The molecule has 1 aromatic rings. The van der Waals surface area contributed by atoms with E-state index in [1.165, 1.54) is 0 Å². The Labute approximate surface area is 101 Å². The lowest BCUT2D eigenvalue weighted by molar-refractivity contribution is -0.121. The van der Waals surface area contributed by atoms with Crippen LogP contribution >= 0.6 is 11.6 Å². The first kappa shape index (κ1) is 13.1. The Morgan fingerprint density at radius 1 is 1.56 bits per heavy atom. The monoisotopic (exact) mass is 243 g/mol. The Hall–Kier alpha value is -0.960. The van der Waals surface area contributed by atoms with Crippen LogP contribution in [0, 0.1) is 5.41 Å². The first-order valence-electron chi connectivity index (χ1n) is 5.38. The average molecular weight is 244 g/mol. The second kappa shape index (κ2) is 5.94. The molecule has 0 aromatic carbocycles. The number of halogens is 1. The number of nitrogens with one attached hydrogen (secondary N) is 1. The van der Waals surface area contributed by atoms with E-state index in [4.69, 9.17) is 16.0 Å². The van der Waals surface area contributed by atoms with Gasteiger partial charge in [-0.2, -0.15) is 0 Å². The van der Waals surface area contributed by atoms with Crippen molar-refractivity contribution in [3.8, 4) is 0 Å². The highest BCUT2D eigenvalue weighted by Gasteiger charge is 2.17. The lowest BCUT2D eigenvalue weighted by Gasteiger charge is -2.21. The summed E-state index contributed by atoms with van der Waals surface area (Å²) >= 11 is 5.77. The summed E-state index contributed by atoms with van der Waals surface area (Å²) in [5, 5.41) is 2.87. The summed E-state index contributed by atoms with van der Waals surface area (Å²) in [6.07, 6.45) is 2.70. The number of hydrogen-bond donors (Lipinski definition) is 1. The van der Waals surface area contributed by atoms with E-state index in [-0.39, 0.29) is 11.3 Å². The van der Waals surface area contributed by atoms with Crippen molar-refractivity contribution < 1.29 is 9.21 Å². The van der Waals surface area contributed by atoms with Gasteiger partial charge >= 0.3 is 0 Å². The quantitative estimate of drug-likeness (QED) is 0.781. The summed E-state index contributed by atoms with van der Waals surface area (Å²) < 4.78 is 5.15. The fourth-order valence-electron chi connectivity index (χ4n) is 1.17. The lowest BCUT2D eigenvalue weighted by Crippen LogP contribution is -2.35. The third-order valence-electron chi connectivity index (χ3n) is 2.30. The molecule has 16 heavy (non-hydrogen) atoms. The van der Waals surface area contributed by atoms with Crippen LogP contribution in [-0.4, -0.2) is 18.3 Å². The van der Waals surface area contributed by atoms with Crippen molar-refractivity contribution in [2.24, 2.45) is 5.41 Å². The van der Waals surface area contributed by atoms with Gasteiger partial charge in [-0.25, -0.2) is 0 Å². The minimum absolute atomic E-state index is 0.0367. The van der Waals surface area contributed by atoms with Crippen molar-refractivity contribution in [1.82, 2.24) is 5.32 Å². The highest BCUT2D eigenvalue weighted by atomic mass is 35.5. The van der Waals surface area contributed by atoms with E-state index >= 15 is 0 Å². The number of carbonyl (C=O) groups excluding carboxylic acids is 1. The summed E-state index contributed by atoms with van der Waals surface area (Å²) in [4.78, 5) is 11.5. The smallest absolute Gasteiger partial charge is 0.220 e. The normalized spacial score (nSPS) is 11.4. The van der Waals surface area contributed by atoms with Crippen LogP contribution in [0.4, 0.5) is 0 Å². The summed E-state index contributed by atoms with van der Waals surface area (Å²) in [5.74, 6) is 1.41. The summed E-state index contributed by atoms with van der Waals surface area (Å²) in [6, 6.07) is 3.69. The Bertz CT molecular complexity index is 320. The maximum Gasteiger partial charge on any atom is 0.220 e. The van der Waals surface area contributed by atoms with Crippen LogP contribution in [0.15, 0.2) is 22.8 Å². The molecule has 4 heteroatoms. The number of carbonyl (C=O) groups is 1. The number of rotatable bonds is 6. The van der Waals surface area contributed by atoms with Crippen LogP contribution in [0.2, 0.25) is 0 Å². The van der Waals surface area contributed by atoms with Crippen LogP contribution in [-0.2, 0) is 11.2 Å². The minimum Gasteiger partial charge on any atom is -0.469 e. The molecule has 90 valence electrons. The van der Waals surface area contributed by atoms with Crippen LogP contribution in [0.3, 0.4) is 0 Å². The molecule has 0 bridgehead atoms. The van der Waals surface area contributed by atoms with E-state index < -0.39 is 0 Å². The van der Waals surface area contributed by atoms with Gasteiger partial charge in [0.15, 0.2) is 0 Å². The van der Waals surface area contributed by atoms with Gasteiger partial charge in [-0.15, -0.1) is 11.6 Å². The van der Waals surface area contributed by atoms with Gasteiger partial charge in [0, 0.05) is 25.3 Å². The number of furan rings is 1. The molecule has 0 aliphatic carbocycles. The van der Waals surface area contributed by atoms with Gasteiger partial charge in [0.25, 0.3) is 0 Å². The molecule has 1 amide bonds. The zero-order valence-electron chi connectivity index (χ0n) is 9.75. The second-order valence-corrected chi connectivity index (χ2v) is 4.92. The first-order chi connectivity index (χ1) is 7.53.